The van der Waals surface area contributed by atoms with Crippen LogP contribution in [0.1, 0.15) is 17.3 Å². The van der Waals surface area contributed by atoms with Crippen molar-refractivity contribution >= 4 is 29.3 Å². The Bertz CT molecular complexity index is 854. The van der Waals surface area contributed by atoms with E-state index in [-0.39, 0.29) is 18.6 Å². The van der Waals surface area contributed by atoms with Crippen molar-refractivity contribution in [3.8, 4) is 0 Å². The Kier molecular flexibility index (Phi) is 5.90. The highest BCUT2D eigenvalue weighted by Gasteiger charge is 2.32. The summed E-state index contributed by atoms with van der Waals surface area (Å²) in [5, 5.41) is 14.5. The van der Waals surface area contributed by atoms with Crippen LogP contribution in [0.25, 0.3) is 0 Å². The molecule has 1 saturated heterocycles. The minimum absolute atomic E-state index is 0.00199. The van der Waals surface area contributed by atoms with Crippen LogP contribution in [0, 0.1) is 0 Å². The van der Waals surface area contributed by atoms with E-state index < -0.39 is 18.1 Å². The predicted molar refractivity (Wildman–Crippen MR) is 103 cm³/mol. The number of hydrogen-bond acceptors (Lipinski definition) is 4. The summed E-state index contributed by atoms with van der Waals surface area (Å²) in [5.41, 5.74) is 1.61. The predicted octanol–water partition coefficient (Wildman–Crippen LogP) is 2.64. The molecule has 8 heteroatoms. The average molecular weight is 383 g/mol. The van der Waals surface area contributed by atoms with Crippen LogP contribution in [0.3, 0.4) is 0 Å². The van der Waals surface area contributed by atoms with Crippen LogP contribution in [0.4, 0.5) is 16.2 Å². The molecule has 2 atom stereocenters. The Balaban J connectivity index is 1.61. The highest BCUT2D eigenvalue weighted by Crippen LogP contribution is 2.17. The summed E-state index contributed by atoms with van der Waals surface area (Å²) in [5.74, 6) is -1.37. The molecule has 2 aromatic rings. The minimum atomic E-state index is -1.09. The number of hydrogen-bond donors (Lipinski definition) is 3. The summed E-state index contributed by atoms with van der Waals surface area (Å²) in [6, 6.07) is 15.1. The molecular weight excluding hydrogens is 362 g/mol. The largest absolute Gasteiger partial charge is 0.479 e. The zero-order chi connectivity index (χ0) is 20.1. The molecule has 0 spiro atoms. The van der Waals surface area contributed by atoms with Crippen molar-refractivity contribution in [2.45, 2.75) is 19.1 Å². The Hall–Kier alpha value is -3.39. The highest BCUT2D eigenvalue weighted by atomic mass is 16.5. The number of rotatable bonds is 4. The molecular formula is C20H21N3O5. The van der Waals surface area contributed by atoms with Gasteiger partial charge in [0.25, 0.3) is 5.91 Å². The van der Waals surface area contributed by atoms with Crippen LogP contribution in [0.5, 0.6) is 0 Å². The maximum Gasteiger partial charge on any atom is 0.334 e. The lowest BCUT2D eigenvalue weighted by molar-refractivity contribution is -0.160. The molecule has 28 heavy (non-hydrogen) atoms. The normalized spacial score (nSPS) is 19.0. The van der Waals surface area contributed by atoms with Gasteiger partial charge >= 0.3 is 12.0 Å². The fourth-order valence-corrected chi connectivity index (χ4v) is 2.95. The fourth-order valence-electron chi connectivity index (χ4n) is 2.95. The van der Waals surface area contributed by atoms with E-state index in [0.29, 0.717) is 23.5 Å². The molecule has 0 bridgehead atoms. The van der Waals surface area contributed by atoms with E-state index in [4.69, 9.17) is 9.84 Å². The smallest absolute Gasteiger partial charge is 0.334 e. The molecule has 8 nitrogen and oxygen atoms in total. The van der Waals surface area contributed by atoms with E-state index in [1.165, 1.54) is 4.90 Å². The van der Waals surface area contributed by atoms with Gasteiger partial charge in [0, 0.05) is 23.5 Å². The van der Waals surface area contributed by atoms with E-state index in [1.807, 2.05) is 18.2 Å². The number of carbonyl (C=O) groups is 3. The standard InChI is InChI=1S/C20H21N3O5/c1-13-11-23(12-17(28-13)19(25)26)18(24)14-7-9-16(10-8-14)22-20(27)21-15-5-3-2-4-6-15/h2-10,13,17H,11-12H2,1H3,(H,25,26)(H2,21,22,27)/t13-,17?/m1/s1. The first-order valence-corrected chi connectivity index (χ1v) is 8.83. The first kappa shape index (κ1) is 19.4. The molecule has 3 amide bonds. The molecule has 0 aromatic heterocycles. The topological polar surface area (TPSA) is 108 Å². The lowest BCUT2D eigenvalue weighted by Crippen LogP contribution is -2.51. The van der Waals surface area contributed by atoms with E-state index in [9.17, 15) is 14.4 Å². The van der Waals surface area contributed by atoms with Gasteiger partial charge < -0.3 is 25.4 Å². The van der Waals surface area contributed by atoms with Crippen LogP contribution < -0.4 is 10.6 Å². The molecule has 0 radical (unpaired) electrons. The number of carboxylic acids is 1. The monoisotopic (exact) mass is 383 g/mol. The van der Waals surface area contributed by atoms with Gasteiger partial charge in [-0.15, -0.1) is 0 Å². The molecule has 1 heterocycles. The maximum atomic E-state index is 12.7. The van der Waals surface area contributed by atoms with Crippen LogP contribution in [0.15, 0.2) is 54.6 Å². The number of para-hydroxylation sites is 1. The van der Waals surface area contributed by atoms with E-state index in [1.54, 1.807) is 43.3 Å². The van der Waals surface area contributed by atoms with Gasteiger partial charge in [-0.1, -0.05) is 18.2 Å². The van der Waals surface area contributed by atoms with Gasteiger partial charge in [-0.3, -0.25) is 4.79 Å². The zero-order valence-electron chi connectivity index (χ0n) is 15.3. The maximum absolute atomic E-state index is 12.7. The number of nitrogens with zero attached hydrogens (tertiary/aromatic N) is 1. The number of aliphatic carboxylic acids is 1. The van der Waals surface area contributed by atoms with Crippen molar-refractivity contribution in [1.29, 1.82) is 0 Å². The molecule has 3 N–H and O–H groups in total. The molecule has 3 rings (SSSR count). The Morgan fingerprint density at radius 1 is 0.964 bits per heavy atom. The summed E-state index contributed by atoms with van der Waals surface area (Å²) < 4.78 is 5.33. The number of anilines is 2. The van der Waals surface area contributed by atoms with E-state index in [0.717, 1.165) is 0 Å². The number of nitrogens with one attached hydrogen (secondary N) is 2. The second-order valence-electron chi connectivity index (χ2n) is 6.51. The number of carbonyl (C=O) groups excluding carboxylic acids is 2. The van der Waals surface area contributed by atoms with Crippen LogP contribution in [0.2, 0.25) is 0 Å². The van der Waals surface area contributed by atoms with Gasteiger partial charge in [0.05, 0.1) is 12.6 Å². The van der Waals surface area contributed by atoms with Crippen molar-refractivity contribution in [2.75, 3.05) is 23.7 Å². The zero-order valence-corrected chi connectivity index (χ0v) is 15.3. The number of morpholine rings is 1. The van der Waals surface area contributed by atoms with Gasteiger partial charge in [0.2, 0.25) is 0 Å². The third-order valence-corrected chi connectivity index (χ3v) is 4.24. The number of amides is 3. The molecule has 1 unspecified atom stereocenters. The van der Waals surface area contributed by atoms with Gasteiger partial charge in [-0.2, -0.15) is 0 Å². The third-order valence-electron chi connectivity index (χ3n) is 4.24. The Morgan fingerprint density at radius 2 is 1.57 bits per heavy atom. The first-order chi connectivity index (χ1) is 13.4. The number of urea groups is 1. The van der Waals surface area contributed by atoms with E-state index in [2.05, 4.69) is 10.6 Å². The second kappa shape index (κ2) is 8.53. The molecule has 146 valence electrons. The Labute approximate surface area is 162 Å². The van der Waals surface area contributed by atoms with Crippen LogP contribution in [-0.2, 0) is 9.53 Å². The summed E-state index contributed by atoms with van der Waals surface area (Å²) >= 11 is 0. The summed E-state index contributed by atoms with van der Waals surface area (Å²) in [6.45, 7) is 2.05. The number of carboxylic acid groups (broad SMARTS) is 1. The third kappa shape index (κ3) is 4.86. The van der Waals surface area contributed by atoms with Crippen molar-refractivity contribution in [1.82, 2.24) is 4.90 Å². The second-order valence-corrected chi connectivity index (χ2v) is 6.51. The van der Waals surface area contributed by atoms with Crippen molar-refractivity contribution < 1.29 is 24.2 Å². The van der Waals surface area contributed by atoms with Crippen LogP contribution >= 0.6 is 0 Å². The number of ether oxygens (including phenoxy) is 1. The molecule has 1 fully saturated rings. The highest BCUT2D eigenvalue weighted by molar-refractivity contribution is 6.00. The van der Waals surface area contributed by atoms with Gasteiger partial charge in [0.1, 0.15) is 0 Å². The molecule has 0 saturated carbocycles. The Morgan fingerprint density at radius 3 is 2.18 bits per heavy atom. The average Bonchev–Trinajstić information content (AvgIpc) is 2.68. The summed E-state index contributed by atoms with van der Waals surface area (Å²) in [4.78, 5) is 37.3. The fraction of sp³-hybridized carbons (Fsp3) is 0.250. The molecule has 1 aliphatic rings. The van der Waals surface area contributed by atoms with Gasteiger partial charge in [0.15, 0.2) is 6.10 Å². The SMILES string of the molecule is C[C@@H]1CN(C(=O)c2ccc(NC(=O)Nc3ccccc3)cc2)CC(C(=O)O)O1. The lowest BCUT2D eigenvalue weighted by atomic mass is 10.1. The summed E-state index contributed by atoms with van der Waals surface area (Å²) in [7, 11) is 0. The van der Waals surface area contributed by atoms with Crippen molar-refractivity contribution in [2.24, 2.45) is 0 Å². The number of benzene rings is 2. The van der Waals surface area contributed by atoms with Crippen molar-refractivity contribution in [3.05, 3.63) is 60.2 Å². The summed E-state index contributed by atoms with van der Waals surface area (Å²) in [6.07, 6.45) is -1.39. The van der Waals surface area contributed by atoms with Crippen molar-refractivity contribution in [3.63, 3.8) is 0 Å². The van der Waals surface area contributed by atoms with E-state index >= 15 is 0 Å². The minimum Gasteiger partial charge on any atom is -0.479 e. The van der Waals surface area contributed by atoms with Crippen LogP contribution in [-0.4, -0.2) is 53.2 Å². The van der Waals surface area contributed by atoms with Gasteiger partial charge in [-0.05, 0) is 43.3 Å². The quantitative estimate of drug-likeness (QED) is 0.752. The molecule has 2 aromatic carbocycles. The molecule has 1 aliphatic heterocycles. The first-order valence-electron chi connectivity index (χ1n) is 8.83. The van der Waals surface area contributed by atoms with Gasteiger partial charge in [-0.25, -0.2) is 9.59 Å². The molecule has 0 aliphatic carbocycles. The lowest BCUT2D eigenvalue weighted by Gasteiger charge is -2.35.